The van der Waals surface area contributed by atoms with Crippen LogP contribution in [0.2, 0.25) is 0 Å². The second kappa shape index (κ2) is 7.02. The van der Waals surface area contributed by atoms with Gasteiger partial charge in [-0.1, -0.05) is 0 Å². The molecular weight excluding hydrogens is 190 g/mol. The first-order valence-electron chi connectivity index (χ1n) is 5.36. The fourth-order valence-corrected chi connectivity index (χ4v) is 1.36. The molecule has 0 saturated heterocycles. The minimum Gasteiger partial charge on any atom is -0.378 e. The molecule has 4 heteroatoms. The van der Waals surface area contributed by atoms with Crippen molar-refractivity contribution >= 4 is 0 Å². The van der Waals surface area contributed by atoms with Crippen molar-refractivity contribution < 1.29 is 9.30 Å². The highest BCUT2D eigenvalue weighted by atomic mass is 16.5. The Labute approximate surface area is 90.7 Å². The normalized spacial score (nSPS) is 10.1. The predicted octanol–water partition coefficient (Wildman–Crippen LogP) is 1.12. The van der Waals surface area contributed by atoms with E-state index in [9.17, 15) is 0 Å². The smallest absolute Gasteiger partial charge is 0.243 e. The summed E-state index contributed by atoms with van der Waals surface area (Å²) in [5.41, 5.74) is 0. The Morgan fingerprint density at radius 1 is 1.53 bits per heavy atom. The van der Waals surface area contributed by atoms with Crippen LogP contribution in [0, 0.1) is 11.3 Å². The van der Waals surface area contributed by atoms with Crippen LogP contribution in [0.15, 0.2) is 18.7 Å². The van der Waals surface area contributed by atoms with Gasteiger partial charge in [-0.2, -0.15) is 5.26 Å². The van der Waals surface area contributed by atoms with E-state index in [2.05, 4.69) is 21.5 Å². The fraction of sp³-hybridized carbons (Fsp3) is 0.636. The van der Waals surface area contributed by atoms with E-state index < -0.39 is 0 Å². The number of ether oxygens (including phenoxy) is 1. The second-order valence-corrected chi connectivity index (χ2v) is 3.35. The average molecular weight is 208 g/mol. The molecule has 0 aliphatic heterocycles. The van der Waals surface area contributed by atoms with E-state index in [0.717, 1.165) is 32.7 Å². The molecule has 0 radical (unpaired) electrons. The zero-order valence-corrected chi connectivity index (χ0v) is 9.22. The molecule has 4 nitrogen and oxygen atoms in total. The Bertz CT molecular complexity index is 314. The zero-order chi connectivity index (χ0) is 10.9. The van der Waals surface area contributed by atoms with Gasteiger partial charge < -0.3 is 4.74 Å². The van der Waals surface area contributed by atoms with Gasteiger partial charge in [0.2, 0.25) is 6.33 Å². The molecule has 82 valence electrons. The summed E-state index contributed by atoms with van der Waals surface area (Å²) in [6.45, 7) is 5.32. The Kier molecular flexibility index (Phi) is 5.49. The van der Waals surface area contributed by atoms with Crippen molar-refractivity contribution in [3.05, 3.63) is 18.7 Å². The van der Waals surface area contributed by atoms with Gasteiger partial charge >= 0.3 is 0 Å². The molecule has 0 aliphatic rings. The van der Waals surface area contributed by atoms with Crippen LogP contribution in [0.3, 0.4) is 0 Å². The Morgan fingerprint density at radius 2 is 2.40 bits per heavy atom. The number of aromatic nitrogens is 2. The third-order valence-electron chi connectivity index (χ3n) is 2.15. The molecule has 1 heterocycles. The molecule has 0 atom stereocenters. The van der Waals surface area contributed by atoms with Crippen LogP contribution in [-0.2, 0) is 17.8 Å². The third-order valence-corrected chi connectivity index (χ3v) is 2.15. The molecule has 0 unspecified atom stereocenters. The molecule has 15 heavy (non-hydrogen) atoms. The Morgan fingerprint density at radius 3 is 3.13 bits per heavy atom. The first-order chi connectivity index (χ1) is 7.36. The van der Waals surface area contributed by atoms with Crippen molar-refractivity contribution in [1.29, 1.82) is 5.26 Å². The van der Waals surface area contributed by atoms with Gasteiger partial charge in [0, 0.05) is 13.0 Å². The van der Waals surface area contributed by atoms with E-state index in [1.165, 1.54) is 0 Å². The molecule has 0 aromatic carbocycles. The zero-order valence-electron chi connectivity index (χ0n) is 9.22. The van der Waals surface area contributed by atoms with Gasteiger partial charge in [0.1, 0.15) is 18.9 Å². The van der Waals surface area contributed by atoms with Crippen molar-refractivity contribution in [2.45, 2.75) is 32.9 Å². The number of aryl methyl sites for hydroxylation is 1. The number of unbranched alkanes of at least 4 members (excludes halogenated alkanes) is 1. The van der Waals surface area contributed by atoms with Gasteiger partial charge in [-0.3, -0.25) is 0 Å². The number of hydrogen-bond donors (Lipinski definition) is 0. The number of rotatable bonds is 7. The molecule has 1 rings (SSSR count). The summed E-state index contributed by atoms with van der Waals surface area (Å²) >= 11 is 0. The predicted molar refractivity (Wildman–Crippen MR) is 56.0 cm³/mol. The first-order valence-corrected chi connectivity index (χ1v) is 5.36. The largest absolute Gasteiger partial charge is 0.378 e. The Balaban J connectivity index is 2.26. The molecule has 1 aromatic heterocycles. The van der Waals surface area contributed by atoms with Crippen LogP contribution in [0.1, 0.15) is 19.8 Å². The van der Waals surface area contributed by atoms with Crippen LogP contribution in [0.5, 0.6) is 0 Å². The Hall–Kier alpha value is -1.34. The summed E-state index contributed by atoms with van der Waals surface area (Å²) in [6.07, 6.45) is 7.65. The lowest BCUT2D eigenvalue weighted by atomic mass is 10.3. The standard InChI is InChI=1S/C11H18N3O/c1-2-15-10-9-14-8-7-13(11-14)6-4-3-5-12/h7-8,11H,2-4,6,9-10H2,1H3/q+1. The van der Waals surface area contributed by atoms with E-state index in [1.807, 2.05) is 19.3 Å². The summed E-state index contributed by atoms with van der Waals surface area (Å²) < 4.78 is 9.47. The SMILES string of the molecule is CCOCCn1cc[n+](CCCC#N)c1. The highest BCUT2D eigenvalue weighted by Crippen LogP contribution is 1.89. The van der Waals surface area contributed by atoms with Gasteiger partial charge in [-0.05, 0) is 13.3 Å². The lowest BCUT2D eigenvalue weighted by Gasteiger charge is -1.96. The van der Waals surface area contributed by atoms with E-state index in [1.54, 1.807) is 0 Å². The number of hydrogen-bond acceptors (Lipinski definition) is 2. The van der Waals surface area contributed by atoms with Crippen molar-refractivity contribution in [2.75, 3.05) is 13.2 Å². The van der Waals surface area contributed by atoms with Crippen molar-refractivity contribution in [3.8, 4) is 6.07 Å². The summed E-state index contributed by atoms with van der Waals surface area (Å²) in [5.74, 6) is 0. The molecule has 0 saturated carbocycles. The molecule has 0 fully saturated rings. The fourth-order valence-electron chi connectivity index (χ4n) is 1.36. The lowest BCUT2D eigenvalue weighted by molar-refractivity contribution is -0.696. The summed E-state index contributed by atoms with van der Waals surface area (Å²) in [5, 5.41) is 8.41. The van der Waals surface area contributed by atoms with Crippen molar-refractivity contribution in [1.82, 2.24) is 4.57 Å². The van der Waals surface area contributed by atoms with Crippen LogP contribution in [-0.4, -0.2) is 17.8 Å². The topological polar surface area (TPSA) is 41.8 Å². The lowest BCUT2D eigenvalue weighted by Crippen LogP contribution is -2.30. The summed E-state index contributed by atoms with van der Waals surface area (Å²) in [6, 6.07) is 2.15. The van der Waals surface area contributed by atoms with E-state index in [4.69, 9.17) is 10.00 Å². The maximum atomic E-state index is 8.41. The maximum absolute atomic E-state index is 8.41. The molecule has 0 spiro atoms. The number of imidazole rings is 1. The van der Waals surface area contributed by atoms with E-state index >= 15 is 0 Å². The van der Waals surface area contributed by atoms with Crippen molar-refractivity contribution in [2.24, 2.45) is 0 Å². The van der Waals surface area contributed by atoms with Gasteiger partial charge in [0.25, 0.3) is 0 Å². The molecule has 1 aromatic rings. The van der Waals surface area contributed by atoms with Gasteiger partial charge in [0.15, 0.2) is 0 Å². The highest BCUT2D eigenvalue weighted by molar-refractivity contribution is 4.68. The third kappa shape index (κ3) is 4.61. The van der Waals surface area contributed by atoms with Crippen LogP contribution in [0.25, 0.3) is 0 Å². The minimum absolute atomic E-state index is 0.622. The van der Waals surface area contributed by atoms with Gasteiger partial charge in [-0.25, -0.2) is 9.13 Å². The average Bonchev–Trinajstić information content (AvgIpc) is 2.67. The van der Waals surface area contributed by atoms with Crippen LogP contribution >= 0.6 is 0 Å². The van der Waals surface area contributed by atoms with Gasteiger partial charge in [-0.15, -0.1) is 0 Å². The monoisotopic (exact) mass is 208 g/mol. The van der Waals surface area contributed by atoms with E-state index in [0.29, 0.717) is 6.42 Å². The van der Waals surface area contributed by atoms with Crippen molar-refractivity contribution in [3.63, 3.8) is 0 Å². The highest BCUT2D eigenvalue weighted by Gasteiger charge is 2.02. The second-order valence-electron chi connectivity index (χ2n) is 3.35. The molecule has 0 N–H and O–H groups in total. The van der Waals surface area contributed by atoms with E-state index in [-0.39, 0.29) is 0 Å². The summed E-state index contributed by atoms with van der Waals surface area (Å²) in [4.78, 5) is 0. The first kappa shape index (κ1) is 11.7. The molecular formula is C11H18N3O+. The minimum atomic E-state index is 0.622. The molecule has 0 amide bonds. The van der Waals surface area contributed by atoms with Gasteiger partial charge in [0.05, 0.1) is 19.2 Å². The molecule has 0 aliphatic carbocycles. The maximum Gasteiger partial charge on any atom is 0.243 e. The quantitative estimate of drug-likeness (QED) is 0.497. The van der Waals surface area contributed by atoms with Crippen LogP contribution < -0.4 is 4.57 Å². The number of nitriles is 1. The summed E-state index contributed by atoms with van der Waals surface area (Å²) in [7, 11) is 0. The number of nitrogens with zero attached hydrogens (tertiary/aromatic N) is 3. The molecule has 0 bridgehead atoms. The van der Waals surface area contributed by atoms with Crippen LogP contribution in [0.4, 0.5) is 0 Å².